The second-order valence-electron chi connectivity index (χ2n) is 10.5. The van der Waals surface area contributed by atoms with Gasteiger partial charge >= 0.3 is 0 Å². The molecule has 2 aliphatic rings. The van der Waals surface area contributed by atoms with Crippen molar-refractivity contribution in [1.29, 1.82) is 0 Å². The molecule has 0 bridgehead atoms. The molecular weight excluding hydrogens is 504 g/mol. The summed E-state index contributed by atoms with van der Waals surface area (Å²) in [4.78, 5) is 28.0. The number of benzene rings is 3. The molecule has 2 amide bonds. The van der Waals surface area contributed by atoms with Gasteiger partial charge < -0.3 is 24.1 Å². The average molecular weight is 537 g/mol. The molecule has 6 rings (SSSR count). The number of methoxy groups -OCH3 is 1. The summed E-state index contributed by atoms with van der Waals surface area (Å²) in [6, 6.07) is 24.8. The highest BCUT2D eigenvalue weighted by Crippen LogP contribution is 2.41. The van der Waals surface area contributed by atoms with Crippen molar-refractivity contribution in [3.63, 3.8) is 0 Å². The van der Waals surface area contributed by atoms with Gasteiger partial charge in [-0.2, -0.15) is 0 Å². The van der Waals surface area contributed by atoms with Crippen molar-refractivity contribution < 1.29 is 23.5 Å². The van der Waals surface area contributed by atoms with Crippen LogP contribution in [0.2, 0.25) is 0 Å². The van der Waals surface area contributed by atoms with Crippen LogP contribution in [0.25, 0.3) is 0 Å². The summed E-state index contributed by atoms with van der Waals surface area (Å²) in [5.41, 5.74) is 5.26. The number of carbonyl (C=O) groups excluding carboxylic acids is 2. The quantitative estimate of drug-likeness (QED) is 0.285. The third kappa shape index (κ3) is 5.45. The highest BCUT2D eigenvalue weighted by molar-refractivity contribution is 6.02. The smallest absolute Gasteiger partial charge is 0.291 e. The van der Waals surface area contributed by atoms with Crippen molar-refractivity contribution in [1.82, 2.24) is 4.90 Å². The van der Waals surface area contributed by atoms with Crippen molar-refractivity contribution in [2.24, 2.45) is 5.92 Å². The lowest BCUT2D eigenvalue weighted by Crippen LogP contribution is -2.41. The highest BCUT2D eigenvalue weighted by Gasteiger charge is 2.39. The molecule has 4 aromatic rings. The zero-order chi connectivity index (χ0) is 27.6. The normalized spacial score (nSPS) is 16.2. The van der Waals surface area contributed by atoms with Gasteiger partial charge in [0.1, 0.15) is 23.9 Å². The van der Waals surface area contributed by atoms with Crippen LogP contribution in [0, 0.1) is 12.8 Å². The first-order valence-corrected chi connectivity index (χ1v) is 13.7. The lowest BCUT2D eigenvalue weighted by atomic mass is 9.87. The summed E-state index contributed by atoms with van der Waals surface area (Å²) in [5.74, 6) is 2.21. The predicted molar refractivity (Wildman–Crippen MR) is 152 cm³/mol. The lowest BCUT2D eigenvalue weighted by Gasteiger charge is -2.38. The molecule has 1 aliphatic carbocycles. The summed E-state index contributed by atoms with van der Waals surface area (Å²) >= 11 is 0. The molecule has 0 radical (unpaired) electrons. The van der Waals surface area contributed by atoms with E-state index in [4.69, 9.17) is 13.9 Å². The molecule has 3 aromatic carbocycles. The Labute approximate surface area is 233 Å². The maximum absolute atomic E-state index is 13.3. The largest absolute Gasteiger partial charge is 0.497 e. The number of furan rings is 1. The summed E-state index contributed by atoms with van der Waals surface area (Å²) in [5, 5.41) is 2.82. The fourth-order valence-corrected chi connectivity index (χ4v) is 5.28. The molecule has 1 aromatic heterocycles. The summed E-state index contributed by atoms with van der Waals surface area (Å²) in [7, 11) is 1.59. The fourth-order valence-electron chi connectivity index (χ4n) is 5.28. The van der Waals surface area contributed by atoms with E-state index in [1.54, 1.807) is 43.5 Å². The molecule has 40 heavy (non-hydrogen) atoms. The number of rotatable bonds is 8. The number of amides is 2. The summed E-state index contributed by atoms with van der Waals surface area (Å²) in [6.07, 6.45) is 2.78. The van der Waals surface area contributed by atoms with E-state index in [0.29, 0.717) is 22.9 Å². The number of fused-ring (bicyclic) bond motifs is 1. The number of nitrogens with one attached hydrogen (secondary N) is 1. The topological polar surface area (TPSA) is 81.0 Å². The van der Waals surface area contributed by atoms with Crippen molar-refractivity contribution in [3.8, 4) is 11.5 Å². The third-order valence-electron chi connectivity index (χ3n) is 7.53. The molecule has 204 valence electrons. The van der Waals surface area contributed by atoms with E-state index in [-0.39, 0.29) is 36.1 Å². The van der Waals surface area contributed by atoms with E-state index in [2.05, 4.69) is 53.5 Å². The Morgan fingerprint density at radius 2 is 1.77 bits per heavy atom. The van der Waals surface area contributed by atoms with Gasteiger partial charge in [0.2, 0.25) is 5.91 Å². The number of hydrogen-bond acceptors (Lipinski definition) is 5. The molecule has 1 N–H and O–H groups in total. The van der Waals surface area contributed by atoms with Crippen molar-refractivity contribution in [2.75, 3.05) is 19.0 Å². The molecule has 0 unspecified atom stereocenters. The molecule has 0 saturated heterocycles. The minimum absolute atomic E-state index is 0.142. The van der Waals surface area contributed by atoms with E-state index in [0.717, 1.165) is 36.9 Å². The number of hydrogen-bond donors (Lipinski definition) is 1. The van der Waals surface area contributed by atoms with Crippen LogP contribution in [0.3, 0.4) is 0 Å². The minimum atomic E-state index is -0.341. The van der Waals surface area contributed by atoms with Crippen LogP contribution in [0.5, 0.6) is 11.5 Å². The first-order chi connectivity index (χ1) is 19.5. The van der Waals surface area contributed by atoms with Crippen LogP contribution in [0.4, 0.5) is 5.69 Å². The van der Waals surface area contributed by atoms with Crippen LogP contribution >= 0.6 is 0 Å². The Morgan fingerprint density at radius 1 is 0.975 bits per heavy atom. The molecular formula is C33H32N2O5. The predicted octanol–water partition coefficient (Wildman–Crippen LogP) is 6.31. The van der Waals surface area contributed by atoms with Crippen molar-refractivity contribution >= 4 is 17.5 Å². The number of carbonyl (C=O) groups is 2. The maximum atomic E-state index is 13.3. The van der Waals surface area contributed by atoms with Gasteiger partial charge in [0.15, 0.2) is 5.76 Å². The van der Waals surface area contributed by atoms with Gasteiger partial charge in [-0.15, -0.1) is 0 Å². The monoisotopic (exact) mass is 536 g/mol. The van der Waals surface area contributed by atoms with Gasteiger partial charge in [-0.05, 0) is 91.4 Å². The SMILES string of the molecule is COc1ccc(NC(=O)c2ccc(COc3ccc4c(c3)[C@@H](c3cccc(C)c3)N(C(=O)C3CC3)CC4)o2)cc1. The Balaban J connectivity index is 1.18. The lowest BCUT2D eigenvalue weighted by molar-refractivity contribution is -0.134. The zero-order valence-corrected chi connectivity index (χ0v) is 22.7. The molecule has 1 atom stereocenters. The average Bonchev–Trinajstić information content (AvgIpc) is 3.72. The van der Waals surface area contributed by atoms with Gasteiger partial charge in [-0.3, -0.25) is 9.59 Å². The van der Waals surface area contributed by atoms with Crippen molar-refractivity contribution in [2.45, 2.75) is 38.8 Å². The summed E-state index contributed by atoms with van der Waals surface area (Å²) in [6.45, 7) is 2.97. The minimum Gasteiger partial charge on any atom is -0.497 e. The van der Waals surface area contributed by atoms with Crippen LogP contribution in [-0.2, 0) is 17.8 Å². The Kier molecular flexibility index (Phi) is 7.03. The van der Waals surface area contributed by atoms with E-state index in [1.165, 1.54) is 11.1 Å². The second-order valence-corrected chi connectivity index (χ2v) is 10.5. The Bertz CT molecular complexity index is 1540. The van der Waals surface area contributed by atoms with Crippen LogP contribution in [-0.4, -0.2) is 30.4 Å². The molecule has 7 nitrogen and oxygen atoms in total. The van der Waals surface area contributed by atoms with Gasteiger partial charge in [-0.25, -0.2) is 0 Å². The number of nitrogens with zero attached hydrogens (tertiary/aromatic N) is 1. The van der Waals surface area contributed by atoms with Crippen LogP contribution < -0.4 is 14.8 Å². The van der Waals surface area contributed by atoms with Gasteiger partial charge in [0.25, 0.3) is 5.91 Å². The third-order valence-corrected chi connectivity index (χ3v) is 7.53. The first-order valence-electron chi connectivity index (χ1n) is 13.7. The molecule has 1 fully saturated rings. The molecule has 1 aliphatic heterocycles. The number of anilines is 1. The van der Waals surface area contributed by atoms with E-state index >= 15 is 0 Å². The van der Waals surface area contributed by atoms with E-state index < -0.39 is 0 Å². The van der Waals surface area contributed by atoms with Crippen molar-refractivity contribution in [3.05, 3.63) is 113 Å². The molecule has 7 heteroatoms. The maximum Gasteiger partial charge on any atom is 0.291 e. The molecule has 1 saturated carbocycles. The number of ether oxygens (including phenoxy) is 2. The molecule has 0 spiro atoms. The van der Waals surface area contributed by atoms with E-state index in [1.807, 2.05) is 6.07 Å². The fraction of sp³-hybridized carbons (Fsp3) is 0.273. The van der Waals surface area contributed by atoms with Gasteiger partial charge in [0.05, 0.1) is 13.2 Å². The van der Waals surface area contributed by atoms with Gasteiger partial charge in [-0.1, -0.05) is 35.9 Å². The Morgan fingerprint density at radius 3 is 2.52 bits per heavy atom. The standard InChI is InChI=1S/C33H32N2O5/c1-21-4-3-5-24(18-21)31-29-19-27(11-8-22(29)16-17-35(31)33(37)23-6-7-23)39-20-28-14-15-30(40-28)32(36)34-25-9-12-26(38-2)13-10-25/h3-5,8-15,18-19,23,31H,6-7,16-17,20H2,1-2H3,(H,34,36)/t31-/m1/s1. The number of aryl methyl sites for hydroxylation is 1. The highest BCUT2D eigenvalue weighted by atomic mass is 16.5. The first kappa shape index (κ1) is 25.7. The Hall–Kier alpha value is -4.52. The second kappa shape index (κ2) is 10.9. The summed E-state index contributed by atoms with van der Waals surface area (Å²) < 4.78 is 17.0. The van der Waals surface area contributed by atoms with E-state index in [9.17, 15) is 9.59 Å². The van der Waals surface area contributed by atoms with Gasteiger partial charge in [0, 0.05) is 18.2 Å². The van der Waals surface area contributed by atoms with Crippen LogP contribution in [0.15, 0.2) is 83.3 Å². The zero-order valence-electron chi connectivity index (χ0n) is 22.7. The molecule has 2 heterocycles. The van der Waals surface area contributed by atoms with Crippen LogP contribution in [0.1, 0.15) is 57.5 Å².